The summed E-state index contributed by atoms with van der Waals surface area (Å²) < 4.78 is 0. The molecule has 1 rings (SSSR count). The second kappa shape index (κ2) is 4.43. The van der Waals surface area contributed by atoms with Gasteiger partial charge in [-0.15, -0.1) is 0 Å². The maximum atomic E-state index is 10.2. The first-order valence-corrected chi connectivity index (χ1v) is 2.71. The summed E-state index contributed by atoms with van der Waals surface area (Å²) in [6.07, 6.45) is 1.38. The standard InChI is InChI=1S/C6H6N2O2.Na/c1-4-7-3-2-5(8-4)6(9)10;/h2-3H,1H3,(H,9,10);/q;+1/p-1. The van der Waals surface area contributed by atoms with Crippen LogP contribution in [-0.4, -0.2) is 15.9 Å². The van der Waals surface area contributed by atoms with E-state index in [1.54, 1.807) is 6.92 Å². The molecule has 1 heterocycles. The van der Waals surface area contributed by atoms with Crippen LogP contribution in [0.1, 0.15) is 16.3 Å². The summed E-state index contributed by atoms with van der Waals surface area (Å²) in [5.74, 6) is -0.841. The van der Waals surface area contributed by atoms with Gasteiger partial charge in [0.05, 0.1) is 11.7 Å². The van der Waals surface area contributed by atoms with E-state index in [1.165, 1.54) is 12.3 Å². The Morgan fingerprint density at radius 3 is 2.64 bits per heavy atom. The van der Waals surface area contributed by atoms with Gasteiger partial charge in [0.1, 0.15) is 5.82 Å². The van der Waals surface area contributed by atoms with E-state index in [9.17, 15) is 9.90 Å². The SMILES string of the molecule is Cc1nccc(C(=O)[O-])n1.[Na+]. The van der Waals surface area contributed by atoms with Crippen molar-refractivity contribution in [1.82, 2.24) is 9.97 Å². The average molecular weight is 160 g/mol. The van der Waals surface area contributed by atoms with Crippen molar-refractivity contribution >= 4 is 5.97 Å². The Bertz CT molecular complexity index is 265. The number of aryl methyl sites for hydroxylation is 1. The molecule has 0 atom stereocenters. The third kappa shape index (κ3) is 2.96. The van der Waals surface area contributed by atoms with Gasteiger partial charge in [-0.2, -0.15) is 0 Å². The van der Waals surface area contributed by atoms with E-state index in [0.717, 1.165) is 0 Å². The van der Waals surface area contributed by atoms with Crippen molar-refractivity contribution in [3.8, 4) is 0 Å². The zero-order valence-electron chi connectivity index (χ0n) is 6.37. The van der Waals surface area contributed by atoms with Crippen molar-refractivity contribution in [2.24, 2.45) is 0 Å². The van der Waals surface area contributed by atoms with Gasteiger partial charge >= 0.3 is 29.6 Å². The number of carboxylic acids is 1. The minimum Gasteiger partial charge on any atom is -0.543 e. The van der Waals surface area contributed by atoms with Gasteiger partial charge in [-0.05, 0) is 13.0 Å². The topological polar surface area (TPSA) is 65.9 Å². The van der Waals surface area contributed by atoms with Crippen molar-refractivity contribution in [2.75, 3.05) is 0 Å². The first-order chi connectivity index (χ1) is 4.70. The normalized spacial score (nSPS) is 8.45. The number of aromatic nitrogens is 2. The number of carbonyl (C=O) groups is 1. The average Bonchev–Trinajstić information content (AvgIpc) is 1.88. The second-order valence-corrected chi connectivity index (χ2v) is 1.78. The Balaban J connectivity index is 0.000001000. The number of carboxylic acid groups (broad SMARTS) is 1. The van der Waals surface area contributed by atoms with Crippen LogP contribution in [0, 0.1) is 6.92 Å². The summed E-state index contributed by atoms with van der Waals surface area (Å²) in [7, 11) is 0. The predicted octanol–water partition coefficient (Wildman–Crippen LogP) is -3.85. The monoisotopic (exact) mass is 160 g/mol. The van der Waals surface area contributed by atoms with E-state index in [4.69, 9.17) is 0 Å². The number of aromatic carboxylic acids is 1. The van der Waals surface area contributed by atoms with Crippen LogP contribution in [0.25, 0.3) is 0 Å². The molecule has 0 N–H and O–H groups in total. The fourth-order valence-corrected chi connectivity index (χ4v) is 0.570. The van der Waals surface area contributed by atoms with Crippen LogP contribution in [0.3, 0.4) is 0 Å². The summed E-state index contributed by atoms with van der Waals surface area (Å²) in [6.45, 7) is 1.62. The molecule has 0 fully saturated rings. The molecule has 0 amide bonds. The maximum absolute atomic E-state index is 10.2. The van der Waals surface area contributed by atoms with Crippen molar-refractivity contribution in [3.05, 3.63) is 23.8 Å². The van der Waals surface area contributed by atoms with Gasteiger partial charge in [0.25, 0.3) is 0 Å². The van der Waals surface area contributed by atoms with Crippen molar-refractivity contribution in [1.29, 1.82) is 0 Å². The molecular weight excluding hydrogens is 155 g/mol. The molecule has 4 nitrogen and oxygen atoms in total. The smallest absolute Gasteiger partial charge is 0.543 e. The van der Waals surface area contributed by atoms with Gasteiger partial charge in [-0.1, -0.05) is 0 Å². The first kappa shape index (κ1) is 10.6. The zero-order valence-corrected chi connectivity index (χ0v) is 8.37. The molecule has 0 spiro atoms. The summed E-state index contributed by atoms with van der Waals surface area (Å²) in [5.41, 5.74) is -0.0764. The molecule has 1 aromatic heterocycles. The molecule has 0 bridgehead atoms. The van der Waals surface area contributed by atoms with Crippen LogP contribution < -0.4 is 34.7 Å². The zero-order chi connectivity index (χ0) is 7.56. The van der Waals surface area contributed by atoms with Crippen molar-refractivity contribution in [3.63, 3.8) is 0 Å². The molecule has 11 heavy (non-hydrogen) atoms. The van der Waals surface area contributed by atoms with Gasteiger partial charge in [0.2, 0.25) is 0 Å². The first-order valence-electron chi connectivity index (χ1n) is 2.71. The van der Waals surface area contributed by atoms with Crippen LogP contribution in [0.4, 0.5) is 0 Å². The molecule has 0 aliphatic heterocycles. The van der Waals surface area contributed by atoms with Crippen molar-refractivity contribution in [2.45, 2.75) is 6.92 Å². The van der Waals surface area contributed by atoms with Crippen LogP contribution in [0.15, 0.2) is 12.3 Å². The minimum atomic E-state index is -1.27. The number of hydrogen-bond acceptors (Lipinski definition) is 4. The molecule has 0 saturated heterocycles. The third-order valence-electron chi connectivity index (χ3n) is 0.985. The fourth-order valence-electron chi connectivity index (χ4n) is 0.570. The van der Waals surface area contributed by atoms with Crippen LogP contribution in [-0.2, 0) is 0 Å². The summed E-state index contributed by atoms with van der Waals surface area (Å²) in [4.78, 5) is 17.5. The molecule has 1 aromatic rings. The molecule has 0 radical (unpaired) electrons. The Morgan fingerprint density at radius 2 is 2.27 bits per heavy atom. The number of nitrogens with zero attached hydrogens (tertiary/aromatic N) is 2. The van der Waals surface area contributed by atoms with E-state index in [0.29, 0.717) is 5.82 Å². The molecule has 5 heteroatoms. The quantitative estimate of drug-likeness (QED) is 0.394. The molecule has 0 saturated carbocycles. The molecular formula is C6H5N2NaO2. The van der Waals surface area contributed by atoms with Gasteiger partial charge in [0.15, 0.2) is 0 Å². The van der Waals surface area contributed by atoms with E-state index < -0.39 is 5.97 Å². The van der Waals surface area contributed by atoms with E-state index in [1.807, 2.05) is 0 Å². The molecule has 0 aromatic carbocycles. The molecule has 0 aliphatic carbocycles. The Hall–Kier alpha value is -0.450. The largest absolute Gasteiger partial charge is 1.00 e. The van der Waals surface area contributed by atoms with Crippen LogP contribution in [0.2, 0.25) is 0 Å². The Labute approximate surface area is 86.0 Å². The van der Waals surface area contributed by atoms with E-state index >= 15 is 0 Å². The van der Waals surface area contributed by atoms with E-state index in [2.05, 4.69) is 9.97 Å². The Morgan fingerprint density at radius 1 is 1.64 bits per heavy atom. The summed E-state index contributed by atoms with van der Waals surface area (Å²) >= 11 is 0. The predicted molar refractivity (Wildman–Crippen MR) is 31.1 cm³/mol. The number of hydrogen-bond donors (Lipinski definition) is 0. The number of carbonyl (C=O) groups excluding carboxylic acids is 1. The van der Waals surface area contributed by atoms with Gasteiger partial charge in [0, 0.05) is 6.20 Å². The van der Waals surface area contributed by atoms with Gasteiger partial charge in [-0.3, -0.25) is 0 Å². The van der Waals surface area contributed by atoms with Gasteiger partial charge in [-0.25, -0.2) is 9.97 Å². The third-order valence-corrected chi connectivity index (χ3v) is 0.985. The van der Waals surface area contributed by atoms with Crippen LogP contribution >= 0.6 is 0 Å². The van der Waals surface area contributed by atoms with Gasteiger partial charge < -0.3 is 9.90 Å². The summed E-state index contributed by atoms with van der Waals surface area (Å²) in [6, 6.07) is 1.29. The molecule has 0 aliphatic rings. The fraction of sp³-hybridized carbons (Fsp3) is 0.167. The molecule has 52 valence electrons. The van der Waals surface area contributed by atoms with E-state index in [-0.39, 0.29) is 35.3 Å². The Kier molecular flexibility index (Phi) is 4.25. The van der Waals surface area contributed by atoms with Crippen molar-refractivity contribution < 1.29 is 39.5 Å². The minimum absolute atomic E-state index is 0. The van der Waals surface area contributed by atoms with Crippen LogP contribution in [0.5, 0.6) is 0 Å². The summed E-state index contributed by atoms with van der Waals surface area (Å²) in [5, 5.41) is 10.2. The second-order valence-electron chi connectivity index (χ2n) is 1.78. The number of rotatable bonds is 1. The molecule has 0 unspecified atom stereocenters. The maximum Gasteiger partial charge on any atom is 1.00 e.